The lowest BCUT2D eigenvalue weighted by molar-refractivity contribution is -0.159. The molecule has 33 heavy (non-hydrogen) atoms. The summed E-state index contributed by atoms with van der Waals surface area (Å²) in [6.45, 7) is 1.80. The van der Waals surface area contributed by atoms with Gasteiger partial charge < -0.3 is 20.1 Å². The Hall–Kier alpha value is -3.68. The number of thiophene rings is 1. The van der Waals surface area contributed by atoms with Gasteiger partial charge in [0.2, 0.25) is 17.6 Å². The number of hydrogen-bond donors (Lipinski definition) is 3. The number of carboxylic acids is 2. The first-order valence-electron chi connectivity index (χ1n) is 9.60. The number of anilines is 1. The van der Waals surface area contributed by atoms with Gasteiger partial charge >= 0.3 is 11.9 Å². The largest absolute Gasteiger partial charge is 0.473 e. The molecule has 5 rings (SSSR count). The van der Waals surface area contributed by atoms with Gasteiger partial charge in [-0.25, -0.2) is 14.6 Å². The number of carbonyl (C=O) groups is 3. The van der Waals surface area contributed by atoms with Crippen LogP contribution in [0.3, 0.4) is 0 Å². The zero-order valence-corrected chi connectivity index (χ0v) is 18.5. The number of benzene rings is 1. The minimum atomic E-state index is -1.82. The number of nitrogens with zero attached hydrogens (tertiary/aromatic N) is 4. The molecule has 0 bridgehead atoms. The van der Waals surface area contributed by atoms with Gasteiger partial charge in [-0.2, -0.15) is 4.98 Å². The molecule has 13 heteroatoms. The molecule has 0 spiro atoms. The topological polar surface area (TPSA) is 159 Å². The van der Waals surface area contributed by atoms with Crippen LogP contribution in [0.25, 0.3) is 20.9 Å². The monoisotopic (exact) mass is 487 g/mol. The number of likely N-dealkylation sites (tertiary alicyclic amines) is 1. The van der Waals surface area contributed by atoms with E-state index in [-0.39, 0.29) is 11.8 Å². The molecule has 3 aromatic heterocycles. The highest BCUT2D eigenvalue weighted by Gasteiger charge is 2.33. The second-order valence-electron chi connectivity index (χ2n) is 6.97. The third-order valence-electron chi connectivity index (χ3n) is 4.58. The van der Waals surface area contributed by atoms with Crippen molar-refractivity contribution in [2.45, 2.75) is 5.92 Å². The van der Waals surface area contributed by atoms with Crippen LogP contribution in [-0.2, 0) is 14.4 Å². The number of aromatic nitrogens is 3. The van der Waals surface area contributed by atoms with Gasteiger partial charge in [0.1, 0.15) is 0 Å². The molecule has 1 aliphatic rings. The molecule has 4 aromatic rings. The zero-order valence-electron chi connectivity index (χ0n) is 16.9. The zero-order chi connectivity index (χ0) is 23.4. The molecule has 3 N–H and O–H groups in total. The Morgan fingerprint density at radius 3 is 2.52 bits per heavy atom. The van der Waals surface area contributed by atoms with Crippen LogP contribution >= 0.6 is 22.7 Å². The van der Waals surface area contributed by atoms with Crippen LogP contribution in [0.2, 0.25) is 0 Å². The highest BCUT2D eigenvalue weighted by Crippen LogP contribution is 2.29. The molecule has 0 aliphatic carbocycles. The number of hydrogen-bond acceptors (Lipinski definition) is 10. The van der Waals surface area contributed by atoms with E-state index in [1.54, 1.807) is 11.3 Å². The maximum Gasteiger partial charge on any atom is 0.414 e. The number of rotatable bonds is 5. The normalized spacial score (nSPS) is 13.7. The highest BCUT2D eigenvalue weighted by atomic mass is 32.1. The van der Waals surface area contributed by atoms with Crippen molar-refractivity contribution in [3.05, 3.63) is 47.7 Å². The van der Waals surface area contributed by atoms with Gasteiger partial charge in [0.15, 0.2) is 5.13 Å². The van der Waals surface area contributed by atoms with E-state index in [1.807, 2.05) is 41.8 Å². The maximum absolute atomic E-state index is 12.3. The first-order valence-corrected chi connectivity index (χ1v) is 11.3. The Bertz CT molecular complexity index is 1230. The molecule has 11 nitrogen and oxygen atoms in total. The summed E-state index contributed by atoms with van der Waals surface area (Å²) in [5.74, 6) is -2.25. The Morgan fingerprint density at radius 2 is 1.85 bits per heavy atom. The molecular formula is C20H17N5O6S2. The Balaban J connectivity index is 0.000000385. The van der Waals surface area contributed by atoms with Crippen molar-refractivity contribution < 1.29 is 29.1 Å². The smallest absolute Gasteiger partial charge is 0.414 e. The predicted molar refractivity (Wildman–Crippen MR) is 120 cm³/mol. The number of carboxylic acid groups (broad SMARTS) is 2. The standard InChI is InChI=1S/C18H15N5O2S2.C2H2O4/c24-15(20-18-19-12-4-1-2-5-13(12)27-18)10-23-8-11(9-23)17-21-16(22-25-17)14-6-3-7-26-14;3-1(4)2(5)6/h1-7,11H,8-10H2,(H,19,20,24);(H,3,4)(H,5,6). The maximum atomic E-state index is 12.3. The Labute approximate surface area is 194 Å². The summed E-state index contributed by atoms with van der Waals surface area (Å²) in [5.41, 5.74) is 0.903. The number of aliphatic carboxylic acids is 2. The molecule has 0 saturated carbocycles. The minimum Gasteiger partial charge on any atom is -0.473 e. The number of para-hydroxylation sites is 1. The van der Waals surface area contributed by atoms with Gasteiger partial charge in [0, 0.05) is 13.1 Å². The van der Waals surface area contributed by atoms with Crippen LogP contribution in [-0.4, -0.2) is 67.7 Å². The van der Waals surface area contributed by atoms with E-state index in [0.29, 0.717) is 23.4 Å². The molecule has 1 fully saturated rings. The fourth-order valence-electron chi connectivity index (χ4n) is 3.05. The first-order chi connectivity index (χ1) is 15.9. The van der Waals surface area contributed by atoms with Crippen molar-refractivity contribution in [3.8, 4) is 10.7 Å². The van der Waals surface area contributed by atoms with Gasteiger partial charge in [0.25, 0.3) is 0 Å². The fraction of sp³-hybridized carbons (Fsp3) is 0.200. The lowest BCUT2D eigenvalue weighted by atomic mass is 10.0. The van der Waals surface area contributed by atoms with Crippen LogP contribution in [0.1, 0.15) is 11.8 Å². The van der Waals surface area contributed by atoms with E-state index < -0.39 is 11.9 Å². The van der Waals surface area contributed by atoms with E-state index in [2.05, 4.69) is 25.3 Å². The lowest BCUT2D eigenvalue weighted by Gasteiger charge is -2.36. The molecule has 1 aliphatic heterocycles. The molecule has 0 atom stereocenters. The van der Waals surface area contributed by atoms with Crippen molar-refractivity contribution in [2.24, 2.45) is 0 Å². The summed E-state index contributed by atoms with van der Waals surface area (Å²) < 4.78 is 6.45. The second-order valence-corrected chi connectivity index (χ2v) is 8.95. The summed E-state index contributed by atoms with van der Waals surface area (Å²) in [7, 11) is 0. The summed E-state index contributed by atoms with van der Waals surface area (Å²) >= 11 is 3.07. The van der Waals surface area contributed by atoms with Crippen LogP contribution in [0, 0.1) is 0 Å². The third kappa shape index (κ3) is 5.58. The van der Waals surface area contributed by atoms with E-state index in [0.717, 1.165) is 28.2 Å². The molecule has 1 amide bonds. The molecule has 4 heterocycles. The first kappa shape index (κ1) is 22.5. The van der Waals surface area contributed by atoms with Crippen molar-refractivity contribution in [1.82, 2.24) is 20.0 Å². The number of fused-ring (bicyclic) bond motifs is 1. The summed E-state index contributed by atoms with van der Waals surface area (Å²) in [6.07, 6.45) is 0. The molecule has 1 saturated heterocycles. The van der Waals surface area contributed by atoms with Crippen LogP contribution in [0.5, 0.6) is 0 Å². The van der Waals surface area contributed by atoms with Gasteiger partial charge in [-0.05, 0) is 23.6 Å². The molecule has 1 aromatic carbocycles. The van der Waals surface area contributed by atoms with Crippen LogP contribution in [0.15, 0.2) is 46.3 Å². The van der Waals surface area contributed by atoms with E-state index in [4.69, 9.17) is 24.3 Å². The fourth-order valence-corrected chi connectivity index (χ4v) is 4.58. The average Bonchev–Trinajstić information content (AvgIpc) is 3.50. The van der Waals surface area contributed by atoms with Crippen molar-refractivity contribution in [2.75, 3.05) is 25.0 Å². The molecule has 0 unspecified atom stereocenters. The van der Waals surface area contributed by atoms with Gasteiger partial charge in [-0.3, -0.25) is 9.69 Å². The average molecular weight is 488 g/mol. The Kier molecular flexibility index (Phi) is 6.72. The number of carbonyl (C=O) groups excluding carboxylic acids is 1. The summed E-state index contributed by atoms with van der Waals surface area (Å²) in [4.78, 5) is 42.4. The van der Waals surface area contributed by atoms with E-state index in [1.165, 1.54) is 11.3 Å². The molecular weight excluding hydrogens is 470 g/mol. The summed E-state index contributed by atoms with van der Waals surface area (Å²) in [6, 6.07) is 11.8. The van der Waals surface area contributed by atoms with E-state index >= 15 is 0 Å². The van der Waals surface area contributed by atoms with Crippen molar-refractivity contribution in [1.29, 1.82) is 0 Å². The highest BCUT2D eigenvalue weighted by molar-refractivity contribution is 7.22. The molecule has 0 radical (unpaired) electrons. The van der Waals surface area contributed by atoms with Crippen molar-refractivity contribution in [3.63, 3.8) is 0 Å². The third-order valence-corrected chi connectivity index (χ3v) is 6.40. The minimum absolute atomic E-state index is 0.0580. The van der Waals surface area contributed by atoms with Crippen LogP contribution < -0.4 is 5.32 Å². The summed E-state index contributed by atoms with van der Waals surface area (Å²) in [5, 5.41) is 24.3. The Morgan fingerprint density at radius 1 is 1.09 bits per heavy atom. The molecule has 170 valence electrons. The quantitative estimate of drug-likeness (QED) is 0.357. The van der Waals surface area contributed by atoms with Gasteiger partial charge in [-0.1, -0.05) is 34.7 Å². The lowest BCUT2D eigenvalue weighted by Crippen LogP contribution is -2.48. The van der Waals surface area contributed by atoms with Gasteiger partial charge in [-0.15, -0.1) is 11.3 Å². The number of amides is 1. The van der Waals surface area contributed by atoms with Crippen molar-refractivity contribution >= 4 is 55.9 Å². The van der Waals surface area contributed by atoms with E-state index in [9.17, 15) is 4.79 Å². The van der Waals surface area contributed by atoms with Gasteiger partial charge in [0.05, 0.1) is 27.6 Å². The number of thiazole rings is 1. The van der Waals surface area contributed by atoms with Crippen LogP contribution in [0.4, 0.5) is 5.13 Å². The SMILES string of the molecule is O=C(CN1CC(c2nc(-c3cccs3)no2)C1)Nc1nc2ccccc2s1.O=C(O)C(=O)O. The predicted octanol–water partition coefficient (Wildman–Crippen LogP) is 2.60. The second kappa shape index (κ2) is 9.85. The number of nitrogens with one attached hydrogen (secondary N) is 1.